The Morgan fingerprint density at radius 3 is 2.43 bits per heavy atom. The van der Waals surface area contributed by atoms with E-state index in [-0.39, 0.29) is 22.2 Å². The van der Waals surface area contributed by atoms with Gasteiger partial charge < -0.3 is 15.6 Å². The largest absolute Gasteiger partial charge is 0.396 e. The maximum atomic E-state index is 8.99. The van der Waals surface area contributed by atoms with E-state index in [1.165, 1.54) is 0 Å². The number of alkyl halides is 1. The second-order valence-corrected chi connectivity index (χ2v) is 5.53. The number of hydrogen-bond donors (Lipinski definition) is 3. The summed E-state index contributed by atoms with van der Waals surface area (Å²) in [5, 5.41) is 12.2. The predicted octanol–water partition coefficient (Wildman–Crippen LogP) is 0.677. The van der Waals surface area contributed by atoms with Gasteiger partial charge in [-0.25, -0.2) is 0 Å². The van der Waals surface area contributed by atoms with E-state index in [2.05, 4.69) is 27.9 Å². The monoisotopic (exact) mass is 316 g/mol. The summed E-state index contributed by atoms with van der Waals surface area (Å²) in [6.45, 7) is 7.07. The topological polar surface area (TPSA) is 67.5 Å². The van der Waals surface area contributed by atoms with Crippen LogP contribution in [0.5, 0.6) is 0 Å². The maximum absolute atomic E-state index is 8.99. The second kappa shape index (κ2) is 6.95. The summed E-state index contributed by atoms with van der Waals surface area (Å²) in [4.78, 5) is 0. The third-order valence-corrected chi connectivity index (χ3v) is 3.19. The van der Waals surface area contributed by atoms with Gasteiger partial charge >= 0.3 is 0 Å². The van der Waals surface area contributed by atoms with E-state index in [9.17, 15) is 0 Å². The van der Waals surface area contributed by atoms with Gasteiger partial charge in [-0.15, -0.1) is 0 Å². The first-order valence-corrected chi connectivity index (χ1v) is 5.97. The van der Waals surface area contributed by atoms with Gasteiger partial charge in [-0.05, 0) is 27.3 Å². The average molecular weight is 316 g/mol. The predicted molar refractivity (Wildman–Crippen MR) is 66.3 cm³/mol. The fourth-order valence-electron chi connectivity index (χ4n) is 0.791. The average Bonchev–Trinajstić information content (AvgIpc) is 2.04. The van der Waals surface area contributed by atoms with Crippen LogP contribution in [0.2, 0.25) is 0 Å². The summed E-state index contributed by atoms with van der Waals surface area (Å²) >= 11 is 2.22. The number of nitrogens with one attached hydrogen (secondary N) is 1. The number of aliphatic hydroxyl groups is 1. The molecule has 2 unspecified atom stereocenters. The van der Waals surface area contributed by atoms with Gasteiger partial charge in [-0.2, -0.15) is 0 Å². The standard InChI is InChI=1S/C9H21IN2O2/c1-9(2,3)14-6-12-8(10)7(4-11)5-13/h7-8,12-13H,4-6,11H2,1-3H3. The quantitative estimate of drug-likeness (QED) is 0.292. The lowest BCUT2D eigenvalue weighted by atomic mass is 10.1. The highest BCUT2D eigenvalue weighted by atomic mass is 127. The molecule has 0 aliphatic rings. The maximum Gasteiger partial charge on any atom is 0.0980 e. The summed E-state index contributed by atoms with van der Waals surface area (Å²) in [6.07, 6.45) is 0. The molecule has 4 nitrogen and oxygen atoms in total. The normalized spacial score (nSPS) is 16.7. The zero-order valence-corrected chi connectivity index (χ0v) is 11.2. The Labute approximate surface area is 99.7 Å². The van der Waals surface area contributed by atoms with Crippen molar-refractivity contribution in [1.29, 1.82) is 0 Å². The van der Waals surface area contributed by atoms with Crippen LogP contribution < -0.4 is 11.1 Å². The highest BCUT2D eigenvalue weighted by molar-refractivity contribution is 14.1. The first-order valence-electron chi connectivity index (χ1n) is 4.73. The lowest BCUT2D eigenvalue weighted by Crippen LogP contribution is -2.40. The van der Waals surface area contributed by atoms with Gasteiger partial charge in [0.1, 0.15) is 0 Å². The molecule has 0 aromatic heterocycles. The number of hydrogen-bond acceptors (Lipinski definition) is 4. The molecule has 0 aromatic carbocycles. The minimum atomic E-state index is -0.138. The van der Waals surface area contributed by atoms with Crippen LogP contribution in [-0.2, 0) is 4.74 Å². The van der Waals surface area contributed by atoms with Crippen molar-refractivity contribution >= 4 is 22.6 Å². The van der Waals surface area contributed by atoms with E-state index in [1.54, 1.807) is 0 Å². The van der Waals surface area contributed by atoms with E-state index in [4.69, 9.17) is 15.6 Å². The third-order valence-electron chi connectivity index (χ3n) is 1.73. The fourth-order valence-corrected chi connectivity index (χ4v) is 1.49. The molecule has 0 aliphatic carbocycles. The molecule has 0 aliphatic heterocycles. The fraction of sp³-hybridized carbons (Fsp3) is 1.00. The van der Waals surface area contributed by atoms with Gasteiger partial charge in [-0.3, -0.25) is 5.32 Å². The van der Waals surface area contributed by atoms with Crippen molar-refractivity contribution in [3.63, 3.8) is 0 Å². The molecular weight excluding hydrogens is 295 g/mol. The Balaban J connectivity index is 3.67. The smallest absolute Gasteiger partial charge is 0.0980 e. The minimum Gasteiger partial charge on any atom is -0.396 e. The van der Waals surface area contributed by atoms with Crippen LogP contribution in [0.15, 0.2) is 0 Å². The van der Waals surface area contributed by atoms with E-state index in [0.717, 1.165) is 0 Å². The van der Waals surface area contributed by atoms with E-state index in [0.29, 0.717) is 13.3 Å². The first-order chi connectivity index (χ1) is 6.40. The Hall–Kier alpha value is 0.570. The summed E-state index contributed by atoms with van der Waals surface area (Å²) in [6, 6.07) is 0. The summed E-state index contributed by atoms with van der Waals surface area (Å²) in [5.41, 5.74) is 5.36. The Kier molecular flexibility index (Phi) is 7.23. The summed E-state index contributed by atoms with van der Waals surface area (Å²) < 4.78 is 5.64. The molecule has 0 rings (SSSR count). The molecule has 0 bridgehead atoms. The van der Waals surface area contributed by atoms with Crippen molar-refractivity contribution < 1.29 is 9.84 Å². The number of nitrogens with two attached hydrogens (primary N) is 1. The van der Waals surface area contributed by atoms with Crippen molar-refractivity contribution in [3.05, 3.63) is 0 Å². The van der Waals surface area contributed by atoms with E-state index in [1.807, 2.05) is 20.8 Å². The van der Waals surface area contributed by atoms with Gasteiger partial charge in [0.25, 0.3) is 0 Å². The van der Waals surface area contributed by atoms with Crippen molar-refractivity contribution in [2.24, 2.45) is 11.7 Å². The van der Waals surface area contributed by atoms with Crippen molar-refractivity contribution in [2.45, 2.75) is 30.4 Å². The highest BCUT2D eigenvalue weighted by Crippen LogP contribution is 2.10. The molecule has 5 heteroatoms. The molecule has 0 aromatic rings. The highest BCUT2D eigenvalue weighted by Gasteiger charge is 2.17. The summed E-state index contributed by atoms with van der Waals surface area (Å²) in [5.74, 6) is 0.0826. The Morgan fingerprint density at radius 1 is 1.50 bits per heavy atom. The van der Waals surface area contributed by atoms with Crippen LogP contribution in [0.25, 0.3) is 0 Å². The lowest BCUT2D eigenvalue weighted by Gasteiger charge is -2.24. The van der Waals surface area contributed by atoms with Crippen LogP contribution >= 0.6 is 22.6 Å². The van der Waals surface area contributed by atoms with Crippen molar-refractivity contribution in [1.82, 2.24) is 5.32 Å². The number of halogens is 1. The lowest BCUT2D eigenvalue weighted by molar-refractivity contribution is -0.0157. The molecule has 0 saturated carbocycles. The zero-order chi connectivity index (χ0) is 11.2. The van der Waals surface area contributed by atoms with Gasteiger partial charge in [0.05, 0.1) is 16.4 Å². The van der Waals surface area contributed by atoms with Crippen LogP contribution in [-0.4, -0.2) is 34.6 Å². The number of rotatable bonds is 6. The van der Waals surface area contributed by atoms with Gasteiger partial charge in [-0.1, -0.05) is 22.6 Å². The molecule has 0 amide bonds. The van der Waals surface area contributed by atoms with Crippen molar-refractivity contribution in [3.8, 4) is 0 Å². The molecule has 0 spiro atoms. The molecule has 0 heterocycles. The zero-order valence-electron chi connectivity index (χ0n) is 9.09. The number of aliphatic hydroxyl groups excluding tert-OH is 1. The molecule has 14 heavy (non-hydrogen) atoms. The van der Waals surface area contributed by atoms with E-state index >= 15 is 0 Å². The molecule has 4 N–H and O–H groups in total. The Bertz CT molecular complexity index is 146. The van der Waals surface area contributed by atoms with Gasteiger partial charge in [0.2, 0.25) is 0 Å². The van der Waals surface area contributed by atoms with E-state index < -0.39 is 0 Å². The van der Waals surface area contributed by atoms with Crippen LogP contribution in [0, 0.1) is 5.92 Å². The second-order valence-electron chi connectivity index (χ2n) is 4.19. The molecule has 0 radical (unpaired) electrons. The summed E-state index contributed by atoms with van der Waals surface area (Å²) in [7, 11) is 0. The first kappa shape index (κ1) is 14.6. The SMILES string of the molecule is CC(C)(C)OCNC(I)C(CN)CO. The minimum absolute atomic E-state index is 0.0826. The molecule has 0 saturated heterocycles. The number of ether oxygens (including phenoxy) is 1. The van der Waals surface area contributed by atoms with Crippen LogP contribution in [0.1, 0.15) is 20.8 Å². The van der Waals surface area contributed by atoms with Gasteiger partial charge in [0, 0.05) is 12.5 Å². The molecule has 2 atom stereocenters. The van der Waals surface area contributed by atoms with Crippen LogP contribution in [0.4, 0.5) is 0 Å². The third kappa shape index (κ3) is 6.94. The van der Waals surface area contributed by atoms with Gasteiger partial charge in [0.15, 0.2) is 0 Å². The molecular formula is C9H21IN2O2. The van der Waals surface area contributed by atoms with Crippen LogP contribution in [0.3, 0.4) is 0 Å². The molecule has 86 valence electrons. The Morgan fingerprint density at radius 2 is 2.07 bits per heavy atom. The van der Waals surface area contributed by atoms with Crippen molar-refractivity contribution in [2.75, 3.05) is 19.9 Å². The molecule has 0 fully saturated rings.